The van der Waals surface area contributed by atoms with Gasteiger partial charge in [0.05, 0.1) is 5.92 Å². The maximum atomic E-state index is 13.2. The number of aromatic hydroxyl groups is 1. The smallest absolute Gasteiger partial charge is 0.149 e. The molecule has 0 spiro atoms. The van der Waals surface area contributed by atoms with Crippen LogP contribution >= 0.6 is 15.9 Å². The Labute approximate surface area is 156 Å². The van der Waals surface area contributed by atoms with E-state index in [-0.39, 0.29) is 17.5 Å². The highest BCUT2D eigenvalue weighted by molar-refractivity contribution is 9.10. The van der Waals surface area contributed by atoms with Crippen LogP contribution in [-0.4, -0.2) is 10.9 Å². The molecule has 0 fully saturated rings. The normalized spacial score (nSPS) is 11.9. The molecule has 0 aromatic heterocycles. The van der Waals surface area contributed by atoms with Crippen molar-refractivity contribution in [3.8, 4) is 5.75 Å². The molecule has 0 aliphatic carbocycles. The van der Waals surface area contributed by atoms with Gasteiger partial charge in [-0.1, -0.05) is 64.5 Å². The van der Waals surface area contributed by atoms with E-state index in [1.165, 1.54) is 0 Å². The largest absolute Gasteiger partial charge is 0.508 e. The maximum Gasteiger partial charge on any atom is 0.149 e. The standard InChI is InChI=1S/C22H19BrO2/c1-15-4-2-3-5-20(15)22(17-8-10-18(23)11-9-17)21(25)14-16-6-12-19(24)13-7-16/h2-13,22,24H,14H2,1H3. The molecule has 3 heteroatoms. The Hall–Kier alpha value is -2.39. The number of carbonyl (C=O) groups is 1. The minimum atomic E-state index is -0.303. The third kappa shape index (κ3) is 4.18. The Morgan fingerprint density at radius 1 is 0.960 bits per heavy atom. The van der Waals surface area contributed by atoms with Gasteiger partial charge in [-0.25, -0.2) is 0 Å². The van der Waals surface area contributed by atoms with Gasteiger partial charge in [-0.2, -0.15) is 0 Å². The molecule has 1 atom stereocenters. The summed E-state index contributed by atoms with van der Waals surface area (Å²) in [6.07, 6.45) is 0.329. The second-order valence-corrected chi connectivity index (χ2v) is 7.07. The molecule has 3 aromatic rings. The molecule has 3 aromatic carbocycles. The van der Waals surface area contributed by atoms with Crippen molar-refractivity contribution in [2.75, 3.05) is 0 Å². The molecule has 0 heterocycles. The zero-order chi connectivity index (χ0) is 17.8. The lowest BCUT2D eigenvalue weighted by Crippen LogP contribution is -2.17. The molecular formula is C22H19BrO2. The van der Waals surface area contributed by atoms with Crippen LogP contribution in [-0.2, 0) is 11.2 Å². The molecule has 0 amide bonds. The summed E-state index contributed by atoms with van der Waals surface area (Å²) in [6.45, 7) is 2.04. The topological polar surface area (TPSA) is 37.3 Å². The van der Waals surface area contributed by atoms with E-state index in [4.69, 9.17) is 0 Å². The molecule has 0 saturated carbocycles. The molecule has 126 valence electrons. The summed E-state index contributed by atoms with van der Waals surface area (Å²) in [4.78, 5) is 13.2. The highest BCUT2D eigenvalue weighted by Crippen LogP contribution is 2.30. The lowest BCUT2D eigenvalue weighted by molar-refractivity contribution is -0.119. The predicted octanol–water partition coefficient (Wildman–Crippen LogP) is 5.41. The van der Waals surface area contributed by atoms with Gasteiger partial charge in [0, 0.05) is 10.9 Å². The fourth-order valence-electron chi connectivity index (χ4n) is 3.02. The number of carbonyl (C=O) groups excluding carboxylic acids is 1. The third-order valence-electron chi connectivity index (χ3n) is 4.34. The predicted molar refractivity (Wildman–Crippen MR) is 104 cm³/mol. The average molecular weight is 395 g/mol. The van der Waals surface area contributed by atoms with E-state index in [0.717, 1.165) is 26.7 Å². The molecule has 0 saturated heterocycles. The summed E-state index contributed by atoms with van der Waals surface area (Å²) in [5.74, 6) is 0.0463. The first-order chi connectivity index (χ1) is 12.0. The van der Waals surface area contributed by atoms with Crippen molar-refractivity contribution in [2.24, 2.45) is 0 Å². The van der Waals surface area contributed by atoms with Crippen molar-refractivity contribution < 1.29 is 9.90 Å². The van der Waals surface area contributed by atoms with Crippen LogP contribution in [0.1, 0.15) is 28.2 Å². The molecule has 2 nitrogen and oxygen atoms in total. The number of rotatable bonds is 5. The van der Waals surface area contributed by atoms with Gasteiger partial charge in [0.25, 0.3) is 0 Å². The van der Waals surface area contributed by atoms with Gasteiger partial charge in [-0.3, -0.25) is 4.79 Å². The monoisotopic (exact) mass is 394 g/mol. The van der Waals surface area contributed by atoms with Crippen LogP contribution in [0, 0.1) is 6.92 Å². The van der Waals surface area contributed by atoms with Gasteiger partial charge >= 0.3 is 0 Å². The Morgan fingerprint density at radius 2 is 1.60 bits per heavy atom. The maximum absolute atomic E-state index is 13.2. The summed E-state index contributed by atoms with van der Waals surface area (Å²) in [5, 5.41) is 9.43. The van der Waals surface area contributed by atoms with Gasteiger partial charge in [0.2, 0.25) is 0 Å². The molecule has 0 bridgehead atoms. The third-order valence-corrected chi connectivity index (χ3v) is 4.87. The van der Waals surface area contributed by atoms with Crippen LogP contribution in [0.25, 0.3) is 0 Å². The average Bonchev–Trinajstić information content (AvgIpc) is 2.60. The van der Waals surface area contributed by atoms with Crippen molar-refractivity contribution in [2.45, 2.75) is 19.3 Å². The van der Waals surface area contributed by atoms with E-state index in [0.29, 0.717) is 6.42 Å². The SMILES string of the molecule is Cc1ccccc1C(C(=O)Cc1ccc(O)cc1)c1ccc(Br)cc1. The summed E-state index contributed by atoms with van der Waals surface area (Å²) < 4.78 is 0.991. The molecule has 3 rings (SSSR count). The Morgan fingerprint density at radius 3 is 2.24 bits per heavy atom. The van der Waals surface area contributed by atoms with Crippen LogP contribution in [0.15, 0.2) is 77.3 Å². The van der Waals surface area contributed by atoms with E-state index < -0.39 is 0 Å². The van der Waals surface area contributed by atoms with Gasteiger partial charge in [0.1, 0.15) is 11.5 Å². The van der Waals surface area contributed by atoms with Gasteiger partial charge in [-0.15, -0.1) is 0 Å². The Kier molecular flexibility index (Phi) is 5.34. The molecule has 1 unspecified atom stereocenters. The number of benzene rings is 3. The van der Waals surface area contributed by atoms with E-state index in [2.05, 4.69) is 15.9 Å². The second kappa shape index (κ2) is 7.66. The van der Waals surface area contributed by atoms with Crippen molar-refractivity contribution >= 4 is 21.7 Å². The van der Waals surface area contributed by atoms with E-state index in [1.54, 1.807) is 24.3 Å². The number of aryl methyl sites for hydroxylation is 1. The van der Waals surface area contributed by atoms with E-state index in [1.807, 2.05) is 55.5 Å². The first-order valence-electron chi connectivity index (χ1n) is 8.16. The highest BCUT2D eigenvalue weighted by Gasteiger charge is 2.24. The zero-order valence-electron chi connectivity index (χ0n) is 13.9. The minimum Gasteiger partial charge on any atom is -0.508 e. The molecule has 1 N–H and O–H groups in total. The van der Waals surface area contributed by atoms with Crippen molar-refractivity contribution in [1.29, 1.82) is 0 Å². The van der Waals surface area contributed by atoms with E-state index in [9.17, 15) is 9.90 Å². The Balaban J connectivity index is 1.98. The van der Waals surface area contributed by atoms with Gasteiger partial charge in [-0.05, 0) is 53.4 Å². The summed E-state index contributed by atoms with van der Waals surface area (Å²) >= 11 is 3.45. The van der Waals surface area contributed by atoms with Crippen LogP contribution in [0.5, 0.6) is 5.75 Å². The minimum absolute atomic E-state index is 0.141. The van der Waals surface area contributed by atoms with Crippen LogP contribution in [0.4, 0.5) is 0 Å². The number of Topliss-reactive ketones (excluding diaryl/α,β-unsaturated/α-hetero) is 1. The first-order valence-corrected chi connectivity index (χ1v) is 8.95. The number of phenolic OH excluding ortho intramolecular Hbond substituents is 1. The fraction of sp³-hybridized carbons (Fsp3) is 0.136. The molecule has 0 aliphatic rings. The summed E-state index contributed by atoms with van der Waals surface area (Å²) in [5.41, 5.74) is 4.03. The van der Waals surface area contributed by atoms with E-state index >= 15 is 0 Å². The van der Waals surface area contributed by atoms with Crippen LogP contribution in [0.3, 0.4) is 0 Å². The second-order valence-electron chi connectivity index (χ2n) is 6.15. The fourth-order valence-corrected chi connectivity index (χ4v) is 3.29. The van der Waals surface area contributed by atoms with Crippen LogP contribution < -0.4 is 0 Å². The number of halogens is 1. The molecule has 0 radical (unpaired) electrons. The zero-order valence-corrected chi connectivity index (χ0v) is 15.5. The number of hydrogen-bond donors (Lipinski definition) is 1. The quantitative estimate of drug-likeness (QED) is 0.628. The van der Waals surface area contributed by atoms with Crippen molar-refractivity contribution in [3.63, 3.8) is 0 Å². The molecule has 25 heavy (non-hydrogen) atoms. The van der Waals surface area contributed by atoms with Crippen molar-refractivity contribution in [3.05, 3.63) is 99.5 Å². The molecular weight excluding hydrogens is 376 g/mol. The molecule has 0 aliphatic heterocycles. The van der Waals surface area contributed by atoms with Crippen LogP contribution in [0.2, 0.25) is 0 Å². The first kappa shape index (κ1) is 17.4. The van der Waals surface area contributed by atoms with Gasteiger partial charge < -0.3 is 5.11 Å². The highest BCUT2D eigenvalue weighted by atomic mass is 79.9. The lowest BCUT2D eigenvalue weighted by Gasteiger charge is -2.19. The van der Waals surface area contributed by atoms with Gasteiger partial charge in [0.15, 0.2) is 0 Å². The number of ketones is 1. The number of phenols is 1. The Bertz CT molecular complexity index is 867. The number of hydrogen-bond acceptors (Lipinski definition) is 2. The van der Waals surface area contributed by atoms with Crippen molar-refractivity contribution in [1.82, 2.24) is 0 Å². The summed E-state index contributed by atoms with van der Waals surface area (Å²) in [7, 11) is 0. The summed E-state index contributed by atoms with van der Waals surface area (Å²) in [6, 6.07) is 22.8. The lowest BCUT2D eigenvalue weighted by atomic mass is 9.83.